The maximum atomic E-state index is 5.84. The zero-order chi connectivity index (χ0) is 14.1. The molecule has 0 spiro atoms. The van der Waals surface area contributed by atoms with Crippen molar-refractivity contribution in [2.24, 2.45) is 0 Å². The maximum absolute atomic E-state index is 5.84. The molecule has 5 nitrogen and oxygen atoms in total. The fraction of sp³-hybridized carbons (Fsp3) is 0.571. The number of rotatable bonds is 3. The van der Waals surface area contributed by atoms with Gasteiger partial charge in [0.05, 0.1) is 5.39 Å². The molecule has 2 aromatic rings. The van der Waals surface area contributed by atoms with Crippen LogP contribution in [0.2, 0.25) is 0 Å². The van der Waals surface area contributed by atoms with E-state index < -0.39 is 0 Å². The molecule has 1 fully saturated rings. The van der Waals surface area contributed by atoms with Crippen LogP contribution in [0.4, 0.5) is 11.8 Å². The van der Waals surface area contributed by atoms with E-state index in [-0.39, 0.29) is 0 Å². The van der Waals surface area contributed by atoms with E-state index in [1.54, 1.807) is 11.3 Å². The summed E-state index contributed by atoms with van der Waals surface area (Å²) in [5, 5.41) is 4.68. The molecule has 3 rings (SSSR count). The topological polar surface area (TPSA) is 67.1 Å². The number of nitrogens with zero attached hydrogens (tertiary/aromatic N) is 3. The number of nitrogens with one attached hydrogen (secondary N) is 1. The number of hydrogen-bond donors (Lipinski definition) is 2. The van der Waals surface area contributed by atoms with Gasteiger partial charge in [-0.25, -0.2) is 4.98 Å². The van der Waals surface area contributed by atoms with Crippen LogP contribution in [0.1, 0.15) is 24.6 Å². The van der Waals surface area contributed by atoms with Gasteiger partial charge in [-0.2, -0.15) is 4.98 Å². The van der Waals surface area contributed by atoms with Crippen LogP contribution in [0.15, 0.2) is 6.07 Å². The summed E-state index contributed by atoms with van der Waals surface area (Å²) in [6.45, 7) is 4.42. The minimum absolute atomic E-state index is 0.359. The van der Waals surface area contributed by atoms with Crippen LogP contribution in [0.5, 0.6) is 0 Å². The number of piperidine rings is 1. The lowest BCUT2D eigenvalue weighted by molar-refractivity contribution is 0.264. The minimum Gasteiger partial charge on any atom is -0.368 e. The summed E-state index contributed by atoms with van der Waals surface area (Å²) < 4.78 is 0. The van der Waals surface area contributed by atoms with Crippen molar-refractivity contribution >= 4 is 33.3 Å². The van der Waals surface area contributed by atoms with E-state index in [4.69, 9.17) is 5.73 Å². The van der Waals surface area contributed by atoms with E-state index in [0.717, 1.165) is 48.4 Å². The molecule has 0 aliphatic carbocycles. The molecule has 3 heterocycles. The number of aryl methyl sites for hydroxylation is 1. The van der Waals surface area contributed by atoms with Gasteiger partial charge in [0.25, 0.3) is 0 Å². The summed E-state index contributed by atoms with van der Waals surface area (Å²) in [5.74, 6) is 1.26. The molecular formula is C14H21N5S. The molecule has 0 saturated carbocycles. The Kier molecular flexibility index (Phi) is 3.76. The van der Waals surface area contributed by atoms with E-state index in [9.17, 15) is 0 Å². The van der Waals surface area contributed by atoms with Crippen LogP contribution in [-0.4, -0.2) is 41.0 Å². The molecule has 0 atom stereocenters. The van der Waals surface area contributed by atoms with E-state index >= 15 is 0 Å². The van der Waals surface area contributed by atoms with Gasteiger partial charge in [0.1, 0.15) is 10.6 Å². The van der Waals surface area contributed by atoms with Gasteiger partial charge in [-0.15, -0.1) is 11.3 Å². The summed E-state index contributed by atoms with van der Waals surface area (Å²) in [4.78, 5) is 13.4. The van der Waals surface area contributed by atoms with Gasteiger partial charge in [0.2, 0.25) is 5.95 Å². The average Bonchev–Trinajstić information content (AvgIpc) is 2.84. The number of likely N-dealkylation sites (tertiary alicyclic amines) is 1. The van der Waals surface area contributed by atoms with E-state index in [0.29, 0.717) is 12.0 Å². The highest BCUT2D eigenvalue weighted by atomic mass is 32.1. The zero-order valence-electron chi connectivity index (χ0n) is 12.0. The third-order valence-corrected chi connectivity index (χ3v) is 5.04. The first-order valence-electron chi connectivity index (χ1n) is 7.16. The Labute approximate surface area is 123 Å². The average molecular weight is 291 g/mol. The fourth-order valence-corrected chi connectivity index (χ4v) is 3.59. The Balaban J connectivity index is 1.88. The molecule has 0 unspecified atom stereocenters. The van der Waals surface area contributed by atoms with Crippen molar-refractivity contribution in [2.45, 2.75) is 32.2 Å². The SMILES string of the molecule is CCc1cc2c(NC3CCN(C)CC3)nc(N)nc2s1. The quantitative estimate of drug-likeness (QED) is 0.908. The summed E-state index contributed by atoms with van der Waals surface area (Å²) >= 11 is 1.71. The van der Waals surface area contributed by atoms with Crippen LogP contribution >= 0.6 is 11.3 Å². The third-order valence-electron chi connectivity index (χ3n) is 3.87. The number of hydrogen-bond acceptors (Lipinski definition) is 6. The summed E-state index contributed by atoms with van der Waals surface area (Å²) in [6, 6.07) is 2.67. The second-order valence-electron chi connectivity index (χ2n) is 5.44. The van der Waals surface area contributed by atoms with Gasteiger partial charge in [-0.05, 0) is 45.5 Å². The molecule has 20 heavy (non-hydrogen) atoms. The van der Waals surface area contributed by atoms with Crippen molar-refractivity contribution in [2.75, 3.05) is 31.2 Å². The van der Waals surface area contributed by atoms with E-state index in [1.807, 2.05) is 0 Å². The van der Waals surface area contributed by atoms with E-state index in [2.05, 4.69) is 40.2 Å². The number of anilines is 2. The number of nitrogens with two attached hydrogens (primary N) is 1. The molecule has 0 radical (unpaired) electrons. The van der Waals surface area contributed by atoms with Crippen LogP contribution in [-0.2, 0) is 6.42 Å². The predicted octanol–water partition coefficient (Wildman–Crippen LogP) is 2.34. The maximum Gasteiger partial charge on any atom is 0.223 e. The first-order valence-corrected chi connectivity index (χ1v) is 7.98. The highest BCUT2D eigenvalue weighted by Gasteiger charge is 2.19. The fourth-order valence-electron chi connectivity index (χ4n) is 2.62. The lowest BCUT2D eigenvalue weighted by Gasteiger charge is -2.29. The number of aromatic nitrogens is 2. The van der Waals surface area contributed by atoms with Crippen molar-refractivity contribution in [1.29, 1.82) is 0 Å². The molecule has 6 heteroatoms. The minimum atomic E-state index is 0.359. The van der Waals surface area contributed by atoms with Crippen LogP contribution < -0.4 is 11.1 Å². The van der Waals surface area contributed by atoms with Gasteiger partial charge in [0.15, 0.2) is 0 Å². The van der Waals surface area contributed by atoms with Gasteiger partial charge in [-0.3, -0.25) is 0 Å². The molecule has 0 bridgehead atoms. The van der Waals surface area contributed by atoms with Crippen molar-refractivity contribution in [3.05, 3.63) is 10.9 Å². The Bertz CT molecular complexity index is 601. The lowest BCUT2D eigenvalue weighted by Crippen LogP contribution is -2.36. The van der Waals surface area contributed by atoms with Gasteiger partial charge < -0.3 is 16.0 Å². The second kappa shape index (κ2) is 5.54. The first kappa shape index (κ1) is 13.6. The predicted molar refractivity (Wildman–Crippen MR) is 85.3 cm³/mol. The Morgan fingerprint density at radius 1 is 1.40 bits per heavy atom. The second-order valence-corrected chi connectivity index (χ2v) is 6.55. The first-order chi connectivity index (χ1) is 9.65. The number of thiophene rings is 1. The Morgan fingerprint density at radius 3 is 2.85 bits per heavy atom. The highest BCUT2D eigenvalue weighted by Crippen LogP contribution is 2.30. The van der Waals surface area contributed by atoms with Crippen molar-refractivity contribution in [1.82, 2.24) is 14.9 Å². The number of nitrogen functional groups attached to an aromatic ring is 1. The third kappa shape index (κ3) is 2.71. The molecule has 1 aliphatic heterocycles. The smallest absolute Gasteiger partial charge is 0.223 e. The molecule has 1 aliphatic rings. The van der Waals surface area contributed by atoms with Crippen molar-refractivity contribution in [3.8, 4) is 0 Å². The Hall–Kier alpha value is -1.40. The Morgan fingerprint density at radius 2 is 2.15 bits per heavy atom. The summed E-state index contributed by atoms with van der Waals surface area (Å²) in [6.07, 6.45) is 3.31. The molecule has 108 valence electrons. The molecule has 1 saturated heterocycles. The number of fused-ring (bicyclic) bond motifs is 1. The zero-order valence-corrected chi connectivity index (χ0v) is 12.8. The molecule has 3 N–H and O–H groups in total. The highest BCUT2D eigenvalue weighted by molar-refractivity contribution is 7.18. The van der Waals surface area contributed by atoms with Gasteiger partial charge in [0, 0.05) is 10.9 Å². The van der Waals surface area contributed by atoms with Gasteiger partial charge >= 0.3 is 0 Å². The molecular weight excluding hydrogens is 270 g/mol. The summed E-state index contributed by atoms with van der Waals surface area (Å²) in [5.41, 5.74) is 5.84. The lowest BCUT2D eigenvalue weighted by atomic mass is 10.1. The molecule has 2 aromatic heterocycles. The largest absolute Gasteiger partial charge is 0.368 e. The molecule has 0 aromatic carbocycles. The monoisotopic (exact) mass is 291 g/mol. The van der Waals surface area contributed by atoms with E-state index in [1.165, 1.54) is 4.88 Å². The van der Waals surface area contributed by atoms with Crippen LogP contribution in [0.3, 0.4) is 0 Å². The van der Waals surface area contributed by atoms with Crippen molar-refractivity contribution < 1.29 is 0 Å². The van der Waals surface area contributed by atoms with Crippen molar-refractivity contribution in [3.63, 3.8) is 0 Å². The molecule has 0 amide bonds. The van der Waals surface area contributed by atoms with Gasteiger partial charge in [-0.1, -0.05) is 6.92 Å². The van der Waals surface area contributed by atoms with Crippen LogP contribution in [0.25, 0.3) is 10.2 Å². The normalized spacial score (nSPS) is 17.7. The van der Waals surface area contributed by atoms with Crippen LogP contribution in [0, 0.1) is 0 Å². The summed E-state index contributed by atoms with van der Waals surface area (Å²) in [7, 11) is 2.17. The standard InChI is InChI=1S/C14H21N5S/c1-3-10-8-11-12(17-14(15)18-13(11)20-10)16-9-4-6-19(2)7-5-9/h8-9H,3-7H2,1-2H3,(H3,15,16,17,18).